The highest BCUT2D eigenvalue weighted by molar-refractivity contribution is 6.21. The van der Waals surface area contributed by atoms with E-state index < -0.39 is 0 Å². The lowest BCUT2D eigenvalue weighted by Crippen LogP contribution is -2.00. The summed E-state index contributed by atoms with van der Waals surface area (Å²) >= 11 is 0. The van der Waals surface area contributed by atoms with Crippen LogP contribution in [0, 0.1) is 0 Å². The number of para-hydroxylation sites is 1. The third-order valence-corrected chi connectivity index (χ3v) is 13.1. The van der Waals surface area contributed by atoms with Gasteiger partial charge in [0.2, 0.25) is 0 Å². The number of nitrogens with zero attached hydrogens (tertiary/aromatic N) is 4. The number of hydrogen-bond acceptors (Lipinski definition) is 4. The van der Waals surface area contributed by atoms with Crippen LogP contribution < -0.4 is 0 Å². The largest absolute Gasteiger partial charge is 0.454 e. The van der Waals surface area contributed by atoms with Gasteiger partial charge in [-0.15, -0.1) is 0 Å². The smallest absolute Gasteiger partial charge is 0.164 e. The second-order valence-corrected chi connectivity index (χ2v) is 17.2. The van der Waals surface area contributed by atoms with Crippen molar-refractivity contribution in [3.63, 3.8) is 0 Å². The summed E-state index contributed by atoms with van der Waals surface area (Å²) in [6, 6.07) is 85.2. The van der Waals surface area contributed by atoms with Gasteiger partial charge in [-0.1, -0.05) is 194 Å². The first-order chi connectivity index (χ1) is 33.7. The molecule has 0 spiro atoms. The summed E-state index contributed by atoms with van der Waals surface area (Å²) in [4.78, 5) is 15.4. The van der Waals surface area contributed by atoms with Crippen LogP contribution in [0.4, 0.5) is 0 Å². The number of fused-ring (bicyclic) bond motifs is 7. The van der Waals surface area contributed by atoms with Crippen molar-refractivity contribution in [2.45, 2.75) is 0 Å². The molecule has 0 bridgehead atoms. The van der Waals surface area contributed by atoms with E-state index in [1.54, 1.807) is 0 Å². The maximum atomic E-state index is 6.90. The predicted octanol–water partition coefficient (Wildman–Crippen LogP) is 16.5. The van der Waals surface area contributed by atoms with Crippen LogP contribution >= 0.6 is 0 Å². The van der Waals surface area contributed by atoms with Gasteiger partial charge < -0.3 is 8.98 Å². The molecule has 0 saturated heterocycles. The number of hydrogen-bond donors (Lipinski definition) is 0. The molecule has 5 heteroatoms. The Morgan fingerprint density at radius 2 is 0.706 bits per heavy atom. The molecule has 10 aromatic carbocycles. The quantitative estimate of drug-likeness (QED) is 0.153. The Morgan fingerprint density at radius 3 is 1.29 bits per heavy atom. The first-order valence-electron chi connectivity index (χ1n) is 22.9. The van der Waals surface area contributed by atoms with E-state index in [0.29, 0.717) is 17.5 Å². The zero-order chi connectivity index (χ0) is 45.0. The zero-order valence-corrected chi connectivity index (χ0v) is 36.8. The van der Waals surface area contributed by atoms with Crippen LogP contribution in [-0.4, -0.2) is 19.5 Å². The number of rotatable bonds is 8. The van der Waals surface area contributed by atoms with E-state index in [4.69, 9.17) is 19.4 Å². The fourth-order valence-electron chi connectivity index (χ4n) is 9.65. The van der Waals surface area contributed by atoms with Gasteiger partial charge in [0, 0.05) is 43.9 Å². The summed E-state index contributed by atoms with van der Waals surface area (Å²) in [5.41, 5.74) is 16.9. The topological polar surface area (TPSA) is 56.7 Å². The molecule has 0 saturated carbocycles. The highest BCUT2D eigenvalue weighted by Gasteiger charge is 2.21. The van der Waals surface area contributed by atoms with Gasteiger partial charge >= 0.3 is 0 Å². The molecular formula is C63H40N4O. The second kappa shape index (κ2) is 16.4. The molecule has 68 heavy (non-hydrogen) atoms. The van der Waals surface area contributed by atoms with Crippen LogP contribution in [0.25, 0.3) is 128 Å². The fourth-order valence-corrected chi connectivity index (χ4v) is 9.65. The summed E-state index contributed by atoms with van der Waals surface area (Å²) in [6.07, 6.45) is 0. The van der Waals surface area contributed by atoms with E-state index in [9.17, 15) is 0 Å². The molecule has 5 nitrogen and oxygen atoms in total. The molecule has 13 rings (SSSR count). The first-order valence-corrected chi connectivity index (χ1v) is 22.9. The lowest BCUT2D eigenvalue weighted by Gasteiger charge is -2.10. The summed E-state index contributed by atoms with van der Waals surface area (Å²) in [7, 11) is 0. The van der Waals surface area contributed by atoms with Crippen molar-refractivity contribution in [1.82, 2.24) is 19.5 Å². The second-order valence-electron chi connectivity index (χ2n) is 17.2. The molecule has 0 aliphatic rings. The van der Waals surface area contributed by atoms with Gasteiger partial charge in [-0.3, -0.25) is 0 Å². The van der Waals surface area contributed by atoms with E-state index in [-0.39, 0.29) is 0 Å². The minimum absolute atomic E-state index is 0.588. The van der Waals surface area contributed by atoms with Crippen LogP contribution in [0.5, 0.6) is 0 Å². The standard InChI is InChI=1S/C63H40N4O/c1-4-13-41(14-5-1)44-23-27-47(28-24-44)61-64-62(48-29-25-45(26-30-48)42-15-6-2-7-16-42)66-63(65-61)51-33-38-58-56(40-51)55-37-36-54-53-21-10-11-22-57(53)67(59(54)60(55)68-58)52-34-31-46(32-35-52)50-20-12-19-49(39-50)43-17-8-3-9-18-43/h1-40H. The fraction of sp³-hybridized carbons (Fsp3) is 0. The van der Waals surface area contributed by atoms with E-state index in [2.05, 4.69) is 229 Å². The normalized spacial score (nSPS) is 11.5. The van der Waals surface area contributed by atoms with Crippen molar-refractivity contribution in [1.29, 1.82) is 0 Å². The Balaban J connectivity index is 0.925. The molecule has 0 unspecified atom stereocenters. The average molecular weight is 869 g/mol. The molecule has 0 atom stereocenters. The first kappa shape index (κ1) is 39.2. The summed E-state index contributed by atoms with van der Waals surface area (Å²) in [6.45, 7) is 0. The van der Waals surface area contributed by atoms with Gasteiger partial charge in [-0.05, 0) is 93.0 Å². The lowest BCUT2D eigenvalue weighted by molar-refractivity contribution is 0.671. The van der Waals surface area contributed by atoms with Gasteiger partial charge in [0.25, 0.3) is 0 Å². The van der Waals surface area contributed by atoms with Gasteiger partial charge in [-0.25, -0.2) is 15.0 Å². The van der Waals surface area contributed by atoms with Crippen LogP contribution in [0.15, 0.2) is 247 Å². The summed E-state index contributed by atoms with van der Waals surface area (Å²) in [5.74, 6) is 1.80. The highest BCUT2D eigenvalue weighted by Crippen LogP contribution is 2.42. The van der Waals surface area contributed by atoms with Crippen LogP contribution in [0.1, 0.15) is 0 Å². The van der Waals surface area contributed by atoms with Crippen molar-refractivity contribution in [2.24, 2.45) is 0 Å². The molecule has 0 amide bonds. The molecule has 3 heterocycles. The number of furan rings is 1. The van der Waals surface area contributed by atoms with Crippen molar-refractivity contribution < 1.29 is 4.42 Å². The summed E-state index contributed by atoms with van der Waals surface area (Å²) in [5, 5.41) is 4.32. The number of benzene rings is 10. The molecule has 13 aromatic rings. The van der Waals surface area contributed by atoms with E-state index in [1.807, 2.05) is 18.2 Å². The van der Waals surface area contributed by atoms with Gasteiger partial charge in [0.05, 0.1) is 11.0 Å². The molecule has 0 aliphatic heterocycles. The molecule has 0 aliphatic carbocycles. The lowest BCUT2D eigenvalue weighted by atomic mass is 9.99. The van der Waals surface area contributed by atoms with Crippen molar-refractivity contribution in [2.75, 3.05) is 0 Å². The van der Waals surface area contributed by atoms with Gasteiger partial charge in [0.1, 0.15) is 5.58 Å². The van der Waals surface area contributed by atoms with Crippen LogP contribution in [0.2, 0.25) is 0 Å². The molecule has 3 aromatic heterocycles. The van der Waals surface area contributed by atoms with Crippen molar-refractivity contribution in [3.05, 3.63) is 243 Å². The molecular weight excluding hydrogens is 829 g/mol. The maximum Gasteiger partial charge on any atom is 0.164 e. The highest BCUT2D eigenvalue weighted by atomic mass is 16.3. The van der Waals surface area contributed by atoms with Gasteiger partial charge in [-0.2, -0.15) is 0 Å². The molecule has 0 radical (unpaired) electrons. The molecule has 318 valence electrons. The average Bonchev–Trinajstić information content (AvgIpc) is 3.97. The molecule has 0 fully saturated rings. The Morgan fingerprint density at radius 1 is 0.279 bits per heavy atom. The number of aromatic nitrogens is 4. The van der Waals surface area contributed by atoms with Crippen LogP contribution in [0.3, 0.4) is 0 Å². The Bertz CT molecular complexity index is 3870. The monoisotopic (exact) mass is 868 g/mol. The molecule has 0 N–H and O–H groups in total. The Labute approximate surface area is 392 Å². The summed E-state index contributed by atoms with van der Waals surface area (Å²) < 4.78 is 9.25. The predicted molar refractivity (Wildman–Crippen MR) is 279 cm³/mol. The minimum Gasteiger partial charge on any atom is -0.454 e. The Hall–Kier alpha value is -9.19. The third kappa shape index (κ3) is 6.93. The maximum absolute atomic E-state index is 6.90. The van der Waals surface area contributed by atoms with Gasteiger partial charge in [0.15, 0.2) is 23.1 Å². The SMILES string of the molecule is c1ccc(-c2ccc(-c3nc(-c4ccc(-c5ccccc5)cc4)nc(-c4ccc5oc6c(ccc7c8ccccc8n(-c8ccc(-c9cccc(-c%10ccccc%10)c9)cc8)c76)c5c4)n3)cc2)cc1. The van der Waals surface area contributed by atoms with E-state index >= 15 is 0 Å². The van der Waals surface area contributed by atoms with Crippen molar-refractivity contribution in [3.8, 4) is 84.4 Å². The van der Waals surface area contributed by atoms with E-state index in [0.717, 1.165) is 88.6 Å². The van der Waals surface area contributed by atoms with Crippen molar-refractivity contribution >= 4 is 43.7 Å². The minimum atomic E-state index is 0.588. The third-order valence-electron chi connectivity index (χ3n) is 13.1. The van der Waals surface area contributed by atoms with Crippen LogP contribution in [-0.2, 0) is 0 Å². The Kier molecular flexibility index (Phi) is 9.43. The zero-order valence-electron chi connectivity index (χ0n) is 36.8. The van der Waals surface area contributed by atoms with E-state index in [1.165, 1.54) is 22.1 Å².